The van der Waals surface area contributed by atoms with E-state index in [1.54, 1.807) is 7.11 Å². The molecule has 0 radical (unpaired) electrons. The maximum Gasteiger partial charge on any atom is 0.147 e. The van der Waals surface area contributed by atoms with Crippen molar-refractivity contribution >= 4 is 7.85 Å². The molecule has 1 unspecified atom stereocenters. The van der Waals surface area contributed by atoms with Crippen LogP contribution in [-0.4, -0.2) is 64.4 Å². The predicted octanol–water partition coefficient (Wildman–Crippen LogP) is 1.07. The summed E-state index contributed by atoms with van der Waals surface area (Å²) >= 11 is 0. The maximum atomic E-state index is 10.1. The molecule has 0 aliphatic carbocycles. The minimum absolute atomic E-state index is 0.141. The van der Waals surface area contributed by atoms with Gasteiger partial charge in [0.25, 0.3) is 0 Å². The van der Waals surface area contributed by atoms with E-state index in [0.717, 1.165) is 6.42 Å². The summed E-state index contributed by atoms with van der Waals surface area (Å²) in [6.07, 6.45) is 6.17. The van der Waals surface area contributed by atoms with Crippen molar-refractivity contribution in [2.75, 3.05) is 27.1 Å². The number of methoxy groups -OCH3 is 1. The lowest BCUT2D eigenvalue weighted by Gasteiger charge is -2.19. The molecule has 1 rings (SSSR count). The SMILES string of the molecule is B[C@@H]1O[C@H](COC)C(O)[C@@H]1OCOCCCCCCCC. The molecule has 1 heterocycles. The third kappa shape index (κ3) is 7.11. The summed E-state index contributed by atoms with van der Waals surface area (Å²) in [5.41, 5.74) is 0. The molecule has 21 heavy (non-hydrogen) atoms. The van der Waals surface area contributed by atoms with E-state index in [9.17, 15) is 5.11 Å². The summed E-state index contributed by atoms with van der Waals surface area (Å²) in [5.74, 6) is 0. The minimum Gasteiger partial charge on any atom is -0.388 e. The highest BCUT2D eigenvalue weighted by molar-refractivity contribution is 6.11. The summed E-state index contributed by atoms with van der Waals surface area (Å²) in [6, 6.07) is -0.141. The zero-order chi connectivity index (χ0) is 15.5. The first-order valence-electron chi connectivity index (χ1n) is 8.22. The van der Waals surface area contributed by atoms with E-state index in [1.807, 2.05) is 7.85 Å². The van der Waals surface area contributed by atoms with Gasteiger partial charge in [-0.25, -0.2) is 0 Å². The van der Waals surface area contributed by atoms with Crippen LogP contribution >= 0.6 is 0 Å². The Balaban J connectivity index is 2.02. The molecule has 0 spiro atoms. The molecule has 4 atom stereocenters. The van der Waals surface area contributed by atoms with Gasteiger partial charge < -0.3 is 24.1 Å². The highest BCUT2D eigenvalue weighted by Crippen LogP contribution is 2.22. The topological polar surface area (TPSA) is 57.2 Å². The van der Waals surface area contributed by atoms with Crippen LogP contribution in [0.5, 0.6) is 0 Å². The Bertz CT molecular complexity index is 254. The second kappa shape index (κ2) is 11.4. The van der Waals surface area contributed by atoms with Crippen LogP contribution in [0.25, 0.3) is 0 Å². The Morgan fingerprint density at radius 3 is 2.57 bits per heavy atom. The lowest BCUT2D eigenvalue weighted by molar-refractivity contribution is -0.118. The largest absolute Gasteiger partial charge is 0.388 e. The van der Waals surface area contributed by atoms with E-state index in [-0.39, 0.29) is 25.0 Å². The Morgan fingerprint density at radius 1 is 1.14 bits per heavy atom. The fourth-order valence-corrected chi connectivity index (χ4v) is 2.63. The van der Waals surface area contributed by atoms with Gasteiger partial charge in [0.15, 0.2) is 0 Å². The third-order valence-electron chi connectivity index (χ3n) is 3.89. The van der Waals surface area contributed by atoms with Gasteiger partial charge in [-0.2, -0.15) is 0 Å². The molecule has 1 aliphatic rings. The summed E-state index contributed by atoms with van der Waals surface area (Å²) in [7, 11) is 3.50. The van der Waals surface area contributed by atoms with E-state index < -0.39 is 6.10 Å². The smallest absolute Gasteiger partial charge is 0.147 e. The number of hydrogen-bond donors (Lipinski definition) is 1. The van der Waals surface area contributed by atoms with Crippen molar-refractivity contribution in [3.05, 3.63) is 0 Å². The number of hydrogen-bond acceptors (Lipinski definition) is 5. The Labute approximate surface area is 129 Å². The molecule has 1 aliphatic heterocycles. The Kier molecular flexibility index (Phi) is 10.3. The van der Waals surface area contributed by atoms with Crippen LogP contribution in [0.15, 0.2) is 0 Å². The van der Waals surface area contributed by atoms with Crippen LogP contribution < -0.4 is 0 Å². The van der Waals surface area contributed by atoms with Crippen molar-refractivity contribution in [3.63, 3.8) is 0 Å². The Hall–Kier alpha value is -0.135. The molecule has 0 amide bonds. The van der Waals surface area contributed by atoms with Gasteiger partial charge in [-0.05, 0) is 6.42 Å². The molecule has 1 fully saturated rings. The standard InChI is InChI=1S/C15H31BO5/c1-3-4-5-6-7-8-9-19-11-20-14-13(17)12(10-18-2)21-15(14)16/h12-15,17H,3-11,16H2,1-2H3/t12-,13?,14+,15-/m1/s1. The van der Waals surface area contributed by atoms with E-state index >= 15 is 0 Å². The molecule has 0 aromatic carbocycles. The fraction of sp³-hybridized carbons (Fsp3) is 1.00. The van der Waals surface area contributed by atoms with Gasteiger partial charge in [0.05, 0.1) is 12.6 Å². The van der Waals surface area contributed by atoms with E-state index in [2.05, 4.69) is 6.92 Å². The first-order chi connectivity index (χ1) is 10.2. The summed E-state index contributed by atoms with van der Waals surface area (Å²) < 4.78 is 21.7. The first-order valence-corrected chi connectivity index (χ1v) is 8.22. The van der Waals surface area contributed by atoms with Gasteiger partial charge in [0, 0.05) is 13.7 Å². The van der Waals surface area contributed by atoms with Crippen molar-refractivity contribution in [3.8, 4) is 0 Å². The second-order valence-electron chi connectivity index (χ2n) is 5.75. The van der Waals surface area contributed by atoms with Crippen molar-refractivity contribution < 1.29 is 24.1 Å². The van der Waals surface area contributed by atoms with Crippen LogP contribution in [0.3, 0.4) is 0 Å². The number of ether oxygens (including phenoxy) is 4. The average molecular weight is 302 g/mol. The molecule has 124 valence electrons. The molecule has 0 bridgehead atoms. The molecule has 5 nitrogen and oxygen atoms in total. The van der Waals surface area contributed by atoms with Crippen LogP contribution in [0.4, 0.5) is 0 Å². The van der Waals surface area contributed by atoms with Crippen molar-refractivity contribution in [1.29, 1.82) is 0 Å². The number of unbranched alkanes of at least 4 members (excludes halogenated alkanes) is 5. The van der Waals surface area contributed by atoms with Gasteiger partial charge in [0.2, 0.25) is 0 Å². The van der Waals surface area contributed by atoms with Crippen molar-refractivity contribution in [1.82, 2.24) is 0 Å². The van der Waals surface area contributed by atoms with Crippen LogP contribution in [0.2, 0.25) is 0 Å². The van der Waals surface area contributed by atoms with Gasteiger partial charge >= 0.3 is 0 Å². The van der Waals surface area contributed by atoms with Gasteiger partial charge in [0.1, 0.15) is 33.0 Å². The number of aliphatic hydroxyl groups is 1. The fourth-order valence-electron chi connectivity index (χ4n) is 2.63. The molecule has 0 saturated carbocycles. The third-order valence-corrected chi connectivity index (χ3v) is 3.89. The van der Waals surface area contributed by atoms with Gasteiger partial charge in [-0.15, -0.1) is 0 Å². The average Bonchev–Trinajstić information content (AvgIpc) is 2.73. The highest BCUT2D eigenvalue weighted by atomic mass is 16.7. The molecule has 0 aromatic rings. The van der Waals surface area contributed by atoms with Crippen LogP contribution in [0, 0.1) is 0 Å². The minimum atomic E-state index is -0.655. The van der Waals surface area contributed by atoms with E-state index in [1.165, 1.54) is 32.1 Å². The van der Waals surface area contributed by atoms with Crippen LogP contribution in [0.1, 0.15) is 45.4 Å². The predicted molar refractivity (Wildman–Crippen MR) is 84.2 cm³/mol. The quantitative estimate of drug-likeness (QED) is 0.332. The number of aliphatic hydroxyl groups excluding tert-OH is 1. The second-order valence-corrected chi connectivity index (χ2v) is 5.75. The van der Waals surface area contributed by atoms with E-state index in [4.69, 9.17) is 18.9 Å². The molecular weight excluding hydrogens is 271 g/mol. The van der Waals surface area contributed by atoms with Crippen molar-refractivity contribution in [2.45, 2.75) is 69.8 Å². The normalized spacial score (nSPS) is 29.1. The van der Waals surface area contributed by atoms with Crippen molar-refractivity contribution in [2.24, 2.45) is 0 Å². The zero-order valence-electron chi connectivity index (χ0n) is 13.8. The summed E-state index contributed by atoms with van der Waals surface area (Å²) in [5, 5.41) is 10.1. The molecular formula is C15H31BO5. The summed E-state index contributed by atoms with van der Waals surface area (Å²) in [6.45, 7) is 3.53. The molecule has 1 saturated heterocycles. The maximum absolute atomic E-state index is 10.1. The molecule has 1 N–H and O–H groups in total. The first kappa shape index (κ1) is 18.9. The monoisotopic (exact) mass is 302 g/mol. The lowest BCUT2D eigenvalue weighted by Crippen LogP contribution is -2.37. The summed E-state index contributed by atoms with van der Waals surface area (Å²) in [4.78, 5) is 0. The van der Waals surface area contributed by atoms with E-state index in [0.29, 0.717) is 13.2 Å². The molecule has 6 heteroatoms. The molecule has 0 aromatic heterocycles. The van der Waals surface area contributed by atoms with Crippen LogP contribution in [-0.2, 0) is 18.9 Å². The number of rotatable bonds is 12. The Morgan fingerprint density at radius 2 is 1.86 bits per heavy atom. The lowest BCUT2D eigenvalue weighted by atomic mass is 9.93. The van der Waals surface area contributed by atoms with Gasteiger partial charge in [-0.3, -0.25) is 0 Å². The zero-order valence-corrected chi connectivity index (χ0v) is 13.8. The highest BCUT2D eigenvalue weighted by Gasteiger charge is 2.41. The van der Waals surface area contributed by atoms with Gasteiger partial charge in [-0.1, -0.05) is 39.0 Å².